The maximum absolute atomic E-state index is 12.4. The third-order valence-corrected chi connectivity index (χ3v) is 6.67. The Labute approximate surface area is 205 Å². The van der Waals surface area contributed by atoms with Crippen LogP contribution < -0.4 is 19.9 Å². The van der Waals surface area contributed by atoms with Gasteiger partial charge in [-0.3, -0.25) is 4.79 Å². The maximum Gasteiger partial charge on any atom is 0.234 e. The molecule has 0 aliphatic carbocycles. The first-order valence-electron chi connectivity index (χ1n) is 11.6. The smallest absolute Gasteiger partial charge is 0.234 e. The zero-order valence-corrected chi connectivity index (χ0v) is 20.8. The molecule has 0 atom stereocenters. The van der Waals surface area contributed by atoms with Crippen molar-refractivity contribution in [3.05, 3.63) is 65.7 Å². The Morgan fingerprint density at radius 2 is 1.76 bits per heavy atom. The normalized spacial score (nSPS) is 13.6. The Morgan fingerprint density at radius 1 is 1.00 bits per heavy atom. The van der Waals surface area contributed by atoms with Gasteiger partial charge in [-0.2, -0.15) is 0 Å². The van der Waals surface area contributed by atoms with Gasteiger partial charge in [-0.05, 0) is 62.2 Å². The molecule has 1 aliphatic rings. The van der Waals surface area contributed by atoms with E-state index in [-0.39, 0.29) is 11.7 Å². The Morgan fingerprint density at radius 3 is 2.50 bits per heavy atom. The van der Waals surface area contributed by atoms with Crippen molar-refractivity contribution >= 4 is 34.9 Å². The lowest BCUT2D eigenvalue weighted by Gasteiger charge is -2.37. The molecule has 0 bridgehead atoms. The summed E-state index contributed by atoms with van der Waals surface area (Å²) in [6.45, 7) is 10.5. The number of piperazine rings is 1. The standard InChI is InChI=1S/C26H31N5O2S/c1-4-33-23-8-6-5-7-21(23)27-25(32)18-34-26-12-11-24(28-29-26)31-15-13-30(14-16-31)22-17-19(2)9-10-20(22)3/h5-12,17H,4,13-16,18H2,1-3H3,(H,27,32). The maximum atomic E-state index is 12.4. The van der Waals surface area contributed by atoms with E-state index in [1.807, 2.05) is 43.3 Å². The number of para-hydroxylation sites is 2. The minimum absolute atomic E-state index is 0.106. The summed E-state index contributed by atoms with van der Waals surface area (Å²) in [5, 5.41) is 12.4. The van der Waals surface area contributed by atoms with Crippen LogP contribution in [0.15, 0.2) is 59.6 Å². The van der Waals surface area contributed by atoms with Crippen molar-refractivity contribution in [1.29, 1.82) is 0 Å². The number of thioether (sulfide) groups is 1. The molecule has 0 unspecified atom stereocenters. The number of hydrogen-bond acceptors (Lipinski definition) is 7. The third kappa shape index (κ3) is 5.99. The zero-order chi connectivity index (χ0) is 23.9. The Bertz CT molecular complexity index is 1110. The van der Waals surface area contributed by atoms with Crippen LogP contribution in [0, 0.1) is 13.8 Å². The van der Waals surface area contributed by atoms with Crippen molar-refractivity contribution in [3.63, 3.8) is 0 Å². The summed E-state index contributed by atoms with van der Waals surface area (Å²) in [6, 6.07) is 18.0. The summed E-state index contributed by atoms with van der Waals surface area (Å²) in [7, 11) is 0. The number of benzene rings is 2. The Balaban J connectivity index is 1.27. The fourth-order valence-corrected chi connectivity index (χ4v) is 4.59. The predicted octanol–water partition coefficient (Wildman–Crippen LogP) is 4.55. The molecule has 7 nitrogen and oxygen atoms in total. The van der Waals surface area contributed by atoms with Crippen LogP contribution in [0.25, 0.3) is 0 Å². The second kappa shape index (κ2) is 11.2. The van der Waals surface area contributed by atoms with E-state index in [2.05, 4.69) is 57.4 Å². The van der Waals surface area contributed by atoms with E-state index in [9.17, 15) is 4.79 Å². The predicted molar refractivity (Wildman–Crippen MR) is 139 cm³/mol. The summed E-state index contributed by atoms with van der Waals surface area (Å²) in [5.41, 5.74) is 4.59. The van der Waals surface area contributed by atoms with E-state index in [0.717, 1.165) is 37.0 Å². The number of rotatable bonds is 8. The van der Waals surface area contributed by atoms with Crippen LogP contribution in [0.2, 0.25) is 0 Å². The highest BCUT2D eigenvalue weighted by molar-refractivity contribution is 7.99. The van der Waals surface area contributed by atoms with Crippen LogP contribution in [0.1, 0.15) is 18.1 Å². The molecule has 1 N–H and O–H groups in total. The molecule has 1 aromatic heterocycles. The Kier molecular flexibility index (Phi) is 7.90. The number of carbonyl (C=O) groups excluding carboxylic acids is 1. The van der Waals surface area contributed by atoms with E-state index in [1.165, 1.54) is 28.6 Å². The topological polar surface area (TPSA) is 70.6 Å². The average Bonchev–Trinajstić information content (AvgIpc) is 2.86. The van der Waals surface area contributed by atoms with Gasteiger partial charge in [0.2, 0.25) is 5.91 Å². The van der Waals surface area contributed by atoms with E-state index >= 15 is 0 Å². The summed E-state index contributed by atoms with van der Waals surface area (Å²) in [5.74, 6) is 1.69. The molecular weight excluding hydrogens is 446 g/mol. The van der Waals surface area contributed by atoms with Crippen molar-refractivity contribution in [1.82, 2.24) is 10.2 Å². The van der Waals surface area contributed by atoms with E-state index in [0.29, 0.717) is 18.0 Å². The first kappa shape index (κ1) is 23.9. The van der Waals surface area contributed by atoms with Gasteiger partial charge in [-0.15, -0.1) is 10.2 Å². The SMILES string of the molecule is CCOc1ccccc1NC(=O)CSc1ccc(N2CCN(c3cc(C)ccc3C)CC2)nn1. The first-order valence-corrected chi connectivity index (χ1v) is 12.6. The van der Waals surface area contributed by atoms with Gasteiger partial charge in [0.05, 0.1) is 18.0 Å². The molecule has 2 heterocycles. The van der Waals surface area contributed by atoms with Crippen LogP contribution in [-0.4, -0.2) is 54.6 Å². The summed E-state index contributed by atoms with van der Waals surface area (Å²) >= 11 is 1.37. The van der Waals surface area contributed by atoms with Gasteiger partial charge >= 0.3 is 0 Å². The van der Waals surface area contributed by atoms with Crippen molar-refractivity contribution in [3.8, 4) is 5.75 Å². The van der Waals surface area contributed by atoms with Crippen molar-refractivity contribution in [2.75, 3.05) is 53.7 Å². The quantitative estimate of drug-likeness (QED) is 0.477. The van der Waals surface area contributed by atoms with Crippen molar-refractivity contribution in [2.24, 2.45) is 0 Å². The van der Waals surface area contributed by atoms with Crippen molar-refractivity contribution in [2.45, 2.75) is 25.8 Å². The Hall–Kier alpha value is -3.26. The molecule has 3 aromatic rings. The molecule has 1 amide bonds. The summed E-state index contributed by atoms with van der Waals surface area (Å²) < 4.78 is 5.56. The van der Waals surface area contributed by atoms with E-state index in [1.54, 1.807) is 0 Å². The lowest BCUT2D eigenvalue weighted by molar-refractivity contribution is -0.113. The lowest BCUT2D eigenvalue weighted by atomic mass is 10.1. The molecule has 0 saturated carbocycles. The van der Waals surface area contributed by atoms with Crippen LogP contribution in [0.3, 0.4) is 0 Å². The van der Waals surface area contributed by atoms with Gasteiger partial charge in [0, 0.05) is 31.9 Å². The molecule has 1 aliphatic heterocycles. The summed E-state index contributed by atoms with van der Waals surface area (Å²) in [4.78, 5) is 17.1. The van der Waals surface area contributed by atoms with E-state index in [4.69, 9.17) is 4.74 Å². The second-order valence-corrected chi connectivity index (χ2v) is 9.26. The molecule has 4 rings (SSSR count). The molecule has 1 fully saturated rings. The monoisotopic (exact) mass is 477 g/mol. The molecule has 0 spiro atoms. The molecule has 2 aromatic carbocycles. The zero-order valence-electron chi connectivity index (χ0n) is 20.0. The number of nitrogens with one attached hydrogen (secondary N) is 1. The fraction of sp³-hybridized carbons (Fsp3) is 0.346. The highest BCUT2D eigenvalue weighted by Crippen LogP contribution is 2.26. The molecule has 1 saturated heterocycles. The molecule has 178 valence electrons. The number of nitrogens with zero attached hydrogens (tertiary/aromatic N) is 4. The number of aromatic nitrogens is 2. The third-order valence-electron chi connectivity index (χ3n) is 5.75. The minimum Gasteiger partial charge on any atom is -0.492 e. The highest BCUT2D eigenvalue weighted by atomic mass is 32.2. The van der Waals surface area contributed by atoms with Gasteiger partial charge in [0.1, 0.15) is 10.8 Å². The van der Waals surface area contributed by atoms with Gasteiger partial charge < -0.3 is 19.9 Å². The van der Waals surface area contributed by atoms with Crippen LogP contribution in [0.4, 0.5) is 17.2 Å². The summed E-state index contributed by atoms with van der Waals surface area (Å²) in [6.07, 6.45) is 0. The molecule has 8 heteroatoms. The largest absolute Gasteiger partial charge is 0.492 e. The van der Waals surface area contributed by atoms with Crippen molar-refractivity contribution < 1.29 is 9.53 Å². The van der Waals surface area contributed by atoms with Crippen LogP contribution in [0.5, 0.6) is 5.75 Å². The average molecular weight is 478 g/mol. The van der Waals surface area contributed by atoms with Gasteiger partial charge in [-0.25, -0.2) is 0 Å². The number of carbonyl (C=O) groups is 1. The number of aryl methyl sites for hydroxylation is 2. The van der Waals surface area contributed by atoms with E-state index < -0.39 is 0 Å². The lowest BCUT2D eigenvalue weighted by Crippen LogP contribution is -2.47. The van der Waals surface area contributed by atoms with Gasteiger partial charge in [0.25, 0.3) is 0 Å². The van der Waals surface area contributed by atoms with Crippen LogP contribution in [-0.2, 0) is 4.79 Å². The number of amides is 1. The van der Waals surface area contributed by atoms with Gasteiger partial charge in [0.15, 0.2) is 5.82 Å². The number of hydrogen-bond donors (Lipinski definition) is 1. The highest BCUT2D eigenvalue weighted by Gasteiger charge is 2.20. The van der Waals surface area contributed by atoms with Gasteiger partial charge in [-0.1, -0.05) is 36.0 Å². The second-order valence-electron chi connectivity index (χ2n) is 8.26. The first-order chi connectivity index (χ1) is 16.5. The molecule has 0 radical (unpaired) electrons. The molecular formula is C26H31N5O2S. The number of ether oxygens (including phenoxy) is 1. The van der Waals surface area contributed by atoms with Crippen LogP contribution >= 0.6 is 11.8 Å². The molecule has 34 heavy (non-hydrogen) atoms. The fourth-order valence-electron chi connectivity index (χ4n) is 3.97. The number of anilines is 3. The minimum atomic E-state index is -0.106.